The lowest BCUT2D eigenvalue weighted by Gasteiger charge is -2.33. The number of sulfonamides is 1. The third kappa shape index (κ3) is 7.97. The predicted octanol–water partition coefficient (Wildman–Crippen LogP) is 4.60. The molecule has 0 aromatic heterocycles. The van der Waals surface area contributed by atoms with Gasteiger partial charge in [0.25, 0.3) is 10.0 Å². The number of carbonyl (C=O) groups is 2. The number of amides is 2. The van der Waals surface area contributed by atoms with Crippen LogP contribution in [0.4, 0.5) is 5.69 Å². The van der Waals surface area contributed by atoms with Gasteiger partial charge in [0, 0.05) is 26.1 Å². The summed E-state index contributed by atoms with van der Waals surface area (Å²) in [6, 6.07) is 26.7. The number of anilines is 1. The van der Waals surface area contributed by atoms with Crippen LogP contribution in [0.25, 0.3) is 0 Å². The van der Waals surface area contributed by atoms with Crippen LogP contribution in [0.3, 0.4) is 0 Å². The number of hydrogen-bond acceptors (Lipinski definition) is 7. The normalized spacial score (nSPS) is 11.7. The van der Waals surface area contributed by atoms with Crippen molar-refractivity contribution in [3.8, 4) is 17.2 Å². The smallest absolute Gasteiger partial charge is 0.264 e. The number of carbonyl (C=O) groups excluding carboxylic acids is 2. The van der Waals surface area contributed by atoms with Crippen LogP contribution in [0, 0.1) is 6.92 Å². The molecular weight excluding hydrogens is 606 g/mol. The molecule has 4 aromatic rings. The number of aryl methyl sites for hydroxylation is 1. The Kier molecular flexibility index (Phi) is 11.3. The average Bonchev–Trinajstić information content (AvgIpc) is 3.08. The summed E-state index contributed by atoms with van der Waals surface area (Å²) in [7, 11) is 1.61. The summed E-state index contributed by atoms with van der Waals surface area (Å²) in [5.41, 5.74) is 2.75. The zero-order valence-electron chi connectivity index (χ0n) is 26.6. The minimum absolute atomic E-state index is 0.0269. The Hall–Kier alpha value is -5.03. The topological polar surface area (TPSA) is 114 Å². The van der Waals surface area contributed by atoms with Gasteiger partial charge in [0.05, 0.1) is 31.9 Å². The molecule has 46 heavy (non-hydrogen) atoms. The van der Waals surface area contributed by atoms with E-state index in [1.807, 2.05) is 43.3 Å². The minimum Gasteiger partial charge on any atom is -0.497 e. The Morgan fingerprint density at radius 3 is 2.09 bits per heavy atom. The molecule has 0 aliphatic carbocycles. The van der Waals surface area contributed by atoms with Crippen LogP contribution in [0.2, 0.25) is 0 Å². The van der Waals surface area contributed by atoms with Gasteiger partial charge in [-0.1, -0.05) is 60.2 Å². The minimum atomic E-state index is -4.32. The van der Waals surface area contributed by atoms with Crippen LogP contribution in [0.1, 0.15) is 16.7 Å². The van der Waals surface area contributed by atoms with Crippen molar-refractivity contribution in [3.63, 3.8) is 0 Å². The molecule has 0 heterocycles. The van der Waals surface area contributed by atoms with Crippen molar-refractivity contribution in [2.24, 2.45) is 0 Å². The molecule has 0 saturated carbocycles. The molecule has 0 spiro atoms. The third-order valence-corrected chi connectivity index (χ3v) is 9.32. The number of benzene rings is 4. The average molecular weight is 646 g/mol. The van der Waals surface area contributed by atoms with Gasteiger partial charge in [-0.15, -0.1) is 0 Å². The van der Waals surface area contributed by atoms with Crippen molar-refractivity contribution >= 4 is 27.5 Å². The molecule has 11 heteroatoms. The van der Waals surface area contributed by atoms with Gasteiger partial charge in [0.2, 0.25) is 11.8 Å². The maximum absolute atomic E-state index is 14.5. The standard InChI is InChI=1S/C35H39N3O7S/c1-25-14-16-28(17-15-25)38(46(41,42)30-18-19-32(44-4)33(22-30)45-5)24-34(39)37(23-27-12-9-13-29(20-27)43-3)31(35(40)36-2)21-26-10-7-6-8-11-26/h6-20,22,31H,21,23-24H2,1-5H3,(H,36,40)/t31-/m1/s1. The van der Waals surface area contributed by atoms with Crippen LogP contribution in [0.5, 0.6) is 17.2 Å². The zero-order valence-corrected chi connectivity index (χ0v) is 27.4. The number of nitrogens with one attached hydrogen (secondary N) is 1. The highest BCUT2D eigenvalue weighted by molar-refractivity contribution is 7.92. The van der Waals surface area contributed by atoms with Crippen molar-refractivity contribution in [3.05, 3.63) is 114 Å². The van der Waals surface area contributed by atoms with Gasteiger partial charge < -0.3 is 24.4 Å². The fourth-order valence-corrected chi connectivity index (χ4v) is 6.46. The highest BCUT2D eigenvalue weighted by Crippen LogP contribution is 2.32. The lowest BCUT2D eigenvalue weighted by atomic mass is 10.0. The SMILES string of the molecule is CNC(=O)[C@@H](Cc1ccccc1)N(Cc1cccc(OC)c1)C(=O)CN(c1ccc(C)cc1)S(=O)(=O)c1ccc(OC)c(OC)c1. The summed E-state index contributed by atoms with van der Waals surface area (Å²) in [6.45, 7) is 1.33. The lowest BCUT2D eigenvalue weighted by Crippen LogP contribution is -2.53. The molecular formula is C35H39N3O7S. The fraction of sp³-hybridized carbons (Fsp3) is 0.257. The highest BCUT2D eigenvalue weighted by atomic mass is 32.2. The number of hydrogen-bond donors (Lipinski definition) is 1. The number of ether oxygens (including phenoxy) is 3. The van der Waals surface area contributed by atoms with Gasteiger partial charge in [-0.05, 0) is 54.4 Å². The quantitative estimate of drug-likeness (QED) is 0.213. The Morgan fingerprint density at radius 2 is 1.46 bits per heavy atom. The van der Waals surface area contributed by atoms with Gasteiger partial charge in [0.1, 0.15) is 18.3 Å². The summed E-state index contributed by atoms with van der Waals surface area (Å²) in [4.78, 5) is 29.2. The van der Waals surface area contributed by atoms with E-state index in [4.69, 9.17) is 14.2 Å². The van der Waals surface area contributed by atoms with Crippen molar-refractivity contribution in [2.45, 2.75) is 30.8 Å². The van der Waals surface area contributed by atoms with Crippen LogP contribution >= 0.6 is 0 Å². The second-order valence-electron chi connectivity index (χ2n) is 10.6. The summed E-state index contributed by atoms with van der Waals surface area (Å²) in [6.07, 6.45) is 0.211. The van der Waals surface area contributed by atoms with E-state index >= 15 is 0 Å². The molecule has 0 aliphatic rings. The van der Waals surface area contributed by atoms with E-state index in [-0.39, 0.29) is 35.2 Å². The van der Waals surface area contributed by atoms with Gasteiger partial charge in [0.15, 0.2) is 11.5 Å². The molecule has 242 valence electrons. The van der Waals surface area contributed by atoms with Crippen molar-refractivity contribution < 1.29 is 32.2 Å². The highest BCUT2D eigenvalue weighted by Gasteiger charge is 2.34. The van der Waals surface area contributed by atoms with E-state index in [0.717, 1.165) is 15.4 Å². The molecule has 2 amide bonds. The molecule has 1 atom stereocenters. The first-order valence-electron chi connectivity index (χ1n) is 14.6. The van der Waals surface area contributed by atoms with Gasteiger partial charge in [-0.2, -0.15) is 0 Å². The zero-order chi connectivity index (χ0) is 33.3. The van der Waals surface area contributed by atoms with E-state index < -0.39 is 28.5 Å². The summed E-state index contributed by atoms with van der Waals surface area (Å²) in [5, 5.41) is 2.68. The van der Waals surface area contributed by atoms with E-state index in [0.29, 0.717) is 17.1 Å². The molecule has 4 rings (SSSR count). The van der Waals surface area contributed by atoms with Crippen molar-refractivity contribution in [1.29, 1.82) is 0 Å². The number of methoxy groups -OCH3 is 3. The molecule has 0 aliphatic heterocycles. The Bertz CT molecular complexity index is 1750. The number of nitrogens with zero attached hydrogens (tertiary/aromatic N) is 2. The third-order valence-electron chi connectivity index (χ3n) is 7.55. The van der Waals surface area contributed by atoms with Gasteiger partial charge in [-0.25, -0.2) is 8.42 Å². The molecule has 4 aromatic carbocycles. The maximum Gasteiger partial charge on any atom is 0.264 e. The van der Waals surface area contributed by atoms with Crippen LogP contribution in [0.15, 0.2) is 102 Å². The fourth-order valence-electron chi connectivity index (χ4n) is 5.03. The monoisotopic (exact) mass is 645 g/mol. The first-order chi connectivity index (χ1) is 22.1. The molecule has 10 nitrogen and oxygen atoms in total. The second kappa shape index (κ2) is 15.3. The van der Waals surface area contributed by atoms with E-state index in [9.17, 15) is 18.0 Å². The molecule has 0 fully saturated rings. The molecule has 0 bridgehead atoms. The molecule has 0 radical (unpaired) electrons. The number of rotatable bonds is 14. The van der Waals surface area contributed by atoms with E-state index in [1.165, 1.54) is 44.4 Å². The Morgan fingerprint density at radius 1 is 0.783 bits per heavy atom. The van der Waals surface area contributed by atoms with Crippen LogP contribution in [-0.4, -0.2) is 66.1 Å². The largest absolute Gasteiger partial charge is 0.497 e. The summed E-state index contributed by atoms with van der Waals surface area (Å²) in [5.74, 6) is 0.211. The van der Waals surface area contributed by atoms with Crippen molar-refractivity contribution in [1.82, 2.24) is 10.2 Å². The lowest BCUT2D eigenvalue weighted by molar-refractivity contribution is -0.139. The van der Waals surface area contributed by atoms with Crippen molar-refractivity contribution in [2.75, 3.05) is 39.2 Å². The predicted molar refractivity (Wildman–Crippen MR) is 177 cm³/mol. The first-order valence-corrected chi connectivity index (χ1v) is 16.0. The maximum atomic E-state index is 14.5. The van der Waals surface area contributed by atoms with E-state index in [2.05, 4.69) is 5.32 Å². The van der Waals surface area contributed by atoms with Gasteiger partial charge >= 0.3 is 0 Å². The van der Waals surface area contributed by atoms with E-state index in [1.54, 1.807) is 49.6 Å². The molecule has 1 N–H and O–H groups in total. The molecule has 0 unspecified atom stereocenters. The molecule has 0 saturated heterocycles. The Balaban J connectivity index is 1.81. The van der Waals surface area contributed by atoms with Gasteiger partial charge in [-0.3, -0.25) is 13.9 Å². The Labute approximate surface area is 270 Å². The first kappa shape index (κ1) is 33.9. The summed E-state index contributed by atoms with van der Waals surface area (Å²) >= 11 is 0. The number of likely N-dealkylation sites (N-methyl/N-ethyl adjacent to an activating group) is 1. The van der Waals surface area contributed by atoms with Crippen LogP contribution in [-0.2, 0) is 32.6 Å². The second-order valence-corrected chi connectivity index (χ2v) is 12.4. The van der Waals surface area contributed by atoms with Crippen LogP contribution < -0.4 is 23.8 Å². The summed E-state index contributed by atoms with van der Waals surface area (Å²) < 4.78 is 45.7.